The van der Waals surface area contributed by atoms with Gasteiger partial charge in [-0.15, -0.1) is 0 Å². The molecule has 0 radical (unpaired) electrons. The van der Waals surface area contributed by atoms with E-state index in [1.807, 2.05) is 0 Å². The Morgan fingerprint density at radius 3 is 2.67 bits per heavy atom. The molecule has 0 fully saturated rings. The summed E-state index contributed by atoms with van der Waals surface area (Å²) in [4.78, 5) is 0. The van der Waals surface area contributed by atoms with E-state index in [9.17, 15) is 0 Å². The normalized spacial score (nSPS) is 11.0. The first-order valence-electron chi connectivity index (χ1n) is 1.71. The lowest BCUT2D eigenvalue weighted by molar-refractivity contribution is 0.302. The molecule has 4 heteroatoms. The molecule has 0 aliphatic rings. The molecule has 2 atom stereocenters. The van der Waals surface area contributed by atoms with Crippen molar-refractivity contribution in [1.29, 1.82) is 0 Å². The maximum atomic E-state index is 8.13. The Kier molecular flexibility index (Phi) is 6.53. The van der Waals surface area contributed by atoms with Crippen molar-refractivity contribution in [2.45, 2.75) is 0 Å². The van der Waals surface area contributed by atoms with E-state index in [0.717, 1.165) is 0 Å². The first-order chi connectivity index (χ1) is 2.91. The Balaban J connectivity index is 2.34. The summed E-state index contributed by atoms with van der Waals surface area (Å²) < 4.78 is 0. The van der Waals surface area contributed by atoms with Gasteiger partial charge in [0.2, 0.25) is 0 Å². The molecule has 0 amide bonds. The quantitative estimate of drug-likeness (QED) is 0.409. The highest BCUT2D eigenvalue weighted by atomic mass is 32.0. The zero-order valence-corrected chi connectivity index (χ0v) is 5.59. The van der Waals surface area contributed by atoms with Gasteiger partial charge in [-0.25, -0.2) is 0 Å². The molecular weight excluding hydrogens is 116 g/mol. The van der Waals surface area contributed by atoms with Gasteiger partial charge in [-0.05, 0) is 8.42 Å². The molecule has 0 saturated heterocycles. The smallest absolute Gasteiger partial charge is 0.0559 e. The summed E-state index contributed by atoms with van der Waals surface area (Å²) in [6.07, 6.45) is 0. The van der Waals surface area contributed by atoms with Crippen LogP contribution in [-0.4, -0.2) is 18.3 Å². The lowest BCUT2D eigenvalue weighted by Crippen LogP contribution is -2.05. The number of nitrogens with one attached hydrogen (secondary N) is 1. The fourth-order valence-corrected chi connectivity index (χ4v) is 0.817. The van der Waals surface area contributed by atoms with Crippen LogP contribution in [0.2, 0.25) is 0 Å². The molecule has 38 valence electrons. The van der Waals surface area contributed by atoms with Crippen molar-refractivity contribution in [2.24, 2.45) is 0 Å². The summed E-state index contributed by atoms with van der Waals surface area (Å²) in [5, 5.41) is 11.1. The molecule has 0 rings (SSSR count). The van der Waals surface area contributed by atoms with E-state index >= 15 is 0 Å². The molecule has 0 aromatic rings. The van der Waals surface area contributed by atoms with Gasteiger partial charge in [-0.1, -0.05) is 8.93 Å². The Hall–Kier alpha value is 0.780. The summed E-state index contributed by atoms with van der Waals surface area (Å²) in [5.74, 6) is 0. The Morgan fingerprint density at radius 1 is 1.83 bits per heavy atom. The minimum absolute atomic E-state index is 0.238. The van der Waals surface area contributed by atoms with Gasteiger partial charge in [-0.2, -0.15) is 0 Å². The van der Waals surface area contributed by atoms with Gasteiger partial charge in [0.1, 0.15) is 0 Å². The van der Waals surface area contributed by atoms with Gasteiger partial charge in [0.25, 0.3) is 0 Å². The average molecular weight is 125 g/mol. The lowest BCUT2D eigenvalue weighted by atomic mass is 10.8. The highest BCUT2D eigenvalue weighted by Gasteiger charge is 1.72. The van der Waals surface area contributed by atoms with E-state index in [2.05, 4.69) is 14.0 Å². The molecule has 0 aromatic heterocycles. The Bertz CT molecular complexity index is 23.5. The van der Waals surface area contributed by atoms with Crippen LogP contribution >= 0.6 is 17.3 Å². The molecule has 0 aromatic carbocycles. The fourth-order valence-electron chi connectivity index (χ4n) is 0.128. The molecule has 2 N–H and O–H groups in total. The van der Waals surface area contributed by atoms with Crippen LogP contribution in [0, 0.1) is 0 Å². The topological polar surface area (TPSA) is 32.3 Å². The van der Waals surface area contributed by atoms with Crippen LogP contribution in [0.4, 0.5) is 0 Å². The van der Waals surface area contributed by atoms with Crippen LogP contribution in [-0.2, 0) is 0 Å². The average Bonchev–Trinajstić information content (AvgIpc) is 1.61. The molecule has 2 unspecified atom stereocenters. The van der Waals surface area contributed by atoms with Crippen LogP contribution in [0.3, 0.4) is 0 Å². The van der Waals surface area contributed by atoms with Crippen molar-refractivity contribution in [2.75, 3.05) is 13.2 Å². The van der Waals surface area contributed by atoms with E-state index in [1.54, 1.807) is 0 Å². The minimum atomic E-state index is 0.238. The summed E-state index contributed by atoms with van der Waals surface area (Å²) in [5.41, 5.74) is 0. The maximum Gasteiger partial charge on any atom is 0.0559 e. The number of aliphatic hydroxyl groups is 1. The fraction of sp³-hybridized carbons (Fsp3) is 1.00. The SMILES string of the molecule is OCCNPP. The van der Waals surface area contributed by atoms with Crippen LogP contribution in [0.25, 0.3) is 0 Å². The molecule has 0 aliphatic heterocycles. The van der Waals surface area contributed by atoms with Crippen molar-refractivity contribution in [3.05, 3.63) is 0 Å². The minimum Gasteiger partial charge on any atom is -0.395 e. The second-order valence-corrected chi connectivity index (χ2v) is 2.30. The summed E-state index contributed by atoms with van der Waals surface area (Å²) in [6.45, 7) is 0.948. The van der Waals surface area contributed by atoms with Gasteiger partial charge in [0.05, 0.1) is 6.61 Å². The monoisotopic (exact) mass is 125 g/mol. The molecule has 6 heavy (non-hydrogen) atoms. The van der Waals surface area contributed by atoms with Gasteiger partial charge in [-0.3, -0.25) is 5.09 Å². The van der Waals surface area contributed by atoms with E-state index in [4.69, 9.17) is 5.11 Å². The van der Waals surface area contributed by atoms with Crippen molar-refractivity contribution >= 4 is 17.3 Å². The molecule has 0 saturated carbocycles. The van der Waals surface area contributed by atoms with Gasteiger partial charge >= 0.3 is 0 Å². The number of rotatable bonds is 3. The van der Waals surface area contributed by atoms with E-state index in [-0.39, 0.29) is 6.61 Å². The highest BCUT2D eigenvalue weighted by molar-refractivity contribution is 8.01. The number of hydrogen-bond donors (Lipinski definition) is 2. The molecule has 0 bridgehead atoms. The van der Waals surface area contributed by atoms with Crippen LogP contribution in [0.5, 0.6) is 0 Å². The molecule has 0 heterocycles. The third-order valence-corrected chi connectivity index (χ3v) is 1.41. The van der Waals surface area contributed by atoms with Crippen LogP contribution < -0.4 is 5.09 Å². The van der Waals surface area contributed by atoms with Gasteiger partial charge < -0.3 is 5.11 Å². The van der Waals surface area contributed by atoms with Crippen molar-refractivity contribution in [3.63, 3.8) is 0 Å². The van der Waals surface area contributed by atoms with Crippen LogP contribution in [0.15, 0.2) is 0 Å². The number of aliphatic hydroxyl groups excluding tert-OH is 1. The molecule has 0 aliphatic carbocycles. The van der Waals surface area contributed by atoms with Gasteiger partial charge in [0.15, 0.2) is 0 Å². The zero-order valence-electron chi connectivity index (χ0n) is 3.44. The van der Waals surface area contributed by atoms with Crippen LogP contribution in [0.1, 0.15) is 0 Å². The first-order valence-corrected chi connectivity index (χ1v) is 4.52. The largest absolute Gasteiger partial charge is 0.395 e. The highest BCUT2D eigenvalue weighted by Crippen LogP contribution is 2.11. The Labute approximate surface area is 41.6 Å². The lowest BCUT2D eigenvalue weighted by Gasteiger charge is -1.91. The summed E-state index contributed by atoms with van der Waals surface area (Å²) >= 11 is 0. The van der Waals surface area contributed by atoms with Gasteiger partial charge in [0, 0.05) is 6.54 Å². The second kappa shape index (κ2) is 5.78. The predicted molar refractivity (Wildman–Crippen MR) is 33.1 cm³/mol. The molecular formula is C2H9NOP2. The van der Waals surface area contributed by atoms with Crippen molar-refractivity contribution in [3.8, 4) is 0 Å². The standard InChI is InChI=1S/C2H9NOP2/c4-2-1-3-6-5/h3-4,6H,1-2,5H2. The van der Waals surface area contributed by atoms with Crippen molar-refractivity contribution in [1.82, 2.24) is 5.09 Å². The van der Waals surface area contributed by atoms with E-state index < -0.39 is 0 Å². The first kappa shape index (κ1) is 6.78. The van der Waals surface area contributed by atoms with Crippen molar-refractivity contribution < 1.29 is 5.11 Å². The summed E-state index contributed by atoms with van der Waals surface area (Å²) in [7, 11) is 3.21. The summed E-state index contributed by atoms with van der Waals surface area (Å²) in [6, 6.07) is 0. The van der Waals surface area contributed by atoms with E-state index in [1.165, 1.54) is 0 Å². The molecule has 2 nitrogen and oxygen atoms in total. The number of hydrogen-bond acceptors (Lipinski definition) is 2. The maximum absolute atomic E-state index is 8.13. The predicted octanol–water partition coefficient (Wildman–Crippen LogP) is -0.0481. The zero-order chi connectivity index (χ0) is 4.83. The Morgan fingerprint density at radius 2 is 2.50 bits per heavy atom. The second-order valence-electron chi connectivity index (χ2n) is 0.795. The third kappa shape index (κ3) is 4.78. The van der Waals surface area contributed by atoms with E-state index in [0.29, 0.717) is 15.0 Å². The third-order valence-electron chi connectivity index (χ3n) is 0.339. The molecule has 0 spiro atoms.